The second-order valence-electron chi connectivity index (χ2n) is 5.81. The van der Waals surface area contributed by atoms with Gasteiger partial charge in [0, 0.05) is 17.8 Å². The first-order chi connectivity index (χ1) is 10.5. The summed E-state index contributed by atoms with van der Waals surface area (Å²) in [5, 5.41) is 16.6. The highest BCUT2D eigenvalue weighted by Crippen LogP contribution is 2.21. The van der Waals surface area contributed by atoms with E-state index in [9.17, 15) is 23.1 Å². The molecule has 132 valence electrons. The van der Waals surface area contributed by atoms with Gasteiger partial charge in [-0.15, -0.1) is 0 Å². The van der Waals surface area contributed by atoms with E-state index in [0.717, 1.165) is 4.68 Å². The molecule has 1 rings (SSSR count). The number of halogens is 3. The highest BCUT2D eigenvalue weighted by Gasteiger charge is 2.30. The molecule has 0 fully saturated rings. The van der Waals surface area contributed by atoms with Crippen LogP contribution in [0.5, 0.6) is 0 Å². The summed E-state index contributed by atoms with van der Waals surface area (Å²) in [6, 6.07) is 0. The number of rotatable bonds is 7. The maximum atomic E-state index is 12.5. The quantitative estimate of drug-likeness (QED) is 0.803. The lowest BCUT2D eigenvalue weighted by molar-refractivity contribution is -0.143. The lowest BCUT2D eigenvalue weighted by atomic mass is 9.97. The van der Waals surface area contributed by atoms with Crippen molar-refractivity contribution in [1.82, 2.24) is 15.1 Å². The van der Waals surface area contributed by atoms with Crippen LogP contribution in [-0.2, 0) is 17.8 Å². The standard InChI is InChI=1S/C15H24F3N3O2/c1-5-14(23,6-2)8-19-13(22)7-12-10(3)20-21(11(12)4)9-15(16,17)18/h23H,5-9H2,1-4H3,(H,19,22). The molecule has 0 radical (unpaired) electrons. The fourth-order valence-electron chi connectivity index (χ4n) is 2.30. The van der Waals surface area contributed by atoms with E-state index in [1.807, 2.05) is 13.8 Å². The SMILES string of the molecule is CCC(O)(CC)CNC(=O)Cc1c(C)nn(CC(F)(F)F)c1C. The molecular weight excluding hydrogens is 311 g/mol. The molecule has 0 saturated carbocycles. The van der Waals surface area contributed by atoms with Crippen LogP contribution in [-0.4, -0.2) is 39.1 Å². The summed E-state index contributed by atoms with van der Waals surface area (Å²) in [4.78, 5) is 12.0. The van der Waals surface area contributed by atoms with Crippen molar-refractivity contribution >= 4 is 5.91 Å². The average molecular weight is 335 g/mol. The highest BCUT2D eigenvalue weighted by atomic mass is 19.4. The Labute approximate surface area is 133 Å². The van der Waals surface area contributed by atoms with Crippen molar-refractivity contribution in [3.05, 3.63) is 17.0 Å². The minimum Gasteiger partial charge on any atom is -0.388 e. The average Bonchev–Trinajstić information content (AvgIpc) is 2.70. The van der Waals surface area contributed by atoms with Crippen LogP contribution in [0, 0.1) is 13.8 Å². The predicted octanol–water partition coefficient (Wildman–Crippen LogP) is 2.27. The maximum absolute atomic E-state index is 12.5. The molecule has 5 nitrogen and oxygen atoms in total. The third-order valence-electron chi connectivity index (χ3n) is 4.13. The molecule has 8 heteroatoms. The van der Waals surface area contributed by atoms with E-state index < -0.39 is 18.3 Å². The fourth-order valence-corrected chi connectivity index (χ4v) is 2.30. The molecule has 0 aliphatic heterocycles. The van der Waals surface area contributed by atoms with E-state index in [1.165, 1.54) is 6.92 Å². The zero-order valence-electron chi connectivity index (χ0n) is 13.9. The molecule has 0 aliphatic carbocycles. The van der Waals surface area contributed by atoms with E-state index in [0.29, 0.717) is 29.8 Å². The highest BCUT2D eigenvalue weighted by molar-refractivity contribution is 5.79. The van der Waals surface area contributed by atoms with E-state index in [1.54, 1.807) is 6.92 Å². The summed E-state index contributed by atoms with van der Waals surface area (Å²) >= 11 is 0. The van der Waals surface area contributed by atoms with Crippen molar-refractivity contribution in [1.29, 1.82) is 0 Å². The van der Waals surface area contributed by atoms with Crippen LogP contribution in [0.25, 0.3) is 0 Å². The number of aliphatic hydroxyl groups is 1. The van der Waals surface area contributed by atoms with Crippen LogP contribution in [0.1, 0.15) is 43.6 Å². The number of alkyl halides is 3. The smallest absolute Gasteiger partial charge is 0.388 e. The Morgan fingerprint density at radius 1 is 1.26 bits per heavy atom. The van der Waals surface area contributed by atoms with E-state index in [-0.39, 0.29) is 18.9 Å². The van der Waals surface area contributed by atoms with Gasteiger partial charge in [0.05, 0.1) is 17.7 Å². The number of nitrogens with zero attached hydrogens (tertiary/aromatic N) is 2. The van der Waals surface area contributed by atoms with Crippen LogP contribution in [0.2, 0.25) is 0 Å². The van der Waals surface area contributed by atoms with Crippen molar-refractivity contribution in [2.75, 3.05) is 6.54 Å². The first-order valence-corrected chi connectivity index (χ1v) is 7.60. The number of hydrogen-bond donors (Lipinski definition) is 2. The van der Waals surface area contributed by atoms with Gasteiger partial charge in [-0.1, -0.05) is 13.8 Å². The van der Waals surface area contributed by atoms with Gasteiger partial charge < -0.3 is 10.4 Å². The van der Waals surface area contributed by atoms with Crippen LogP contribution in [0.4, 0.5) is 13.2 Å². The third kappa shape index (κ3) is 5.53. The number of hydrogen-bond acceptors (Lipinski definition) is 3. The van der Waals surface area contributed by atoms with Crippen LogP contribution >= 0.6 is 0 Å². The summed E-state index contributed by atoms with van der Waals surface area (Å²) < 4.78 is 38.3. The van der Waals surface area contributed by atoms with Crippen molar-refractivity contribution in [3.63, 3.8) is 0 Å². The Balaban J connectivity index is 2.76. The molecule has 1 aromatic rings. The second-order valence-corrected chi connectivity index (χ2v) is 5.81. The Hall–Kier alpha value is -1.57. The topological polar surface area (TPSA) is 67.2 Å². The van der Waals surface area contributed by atoms with Crippen LogP contribution in [0.3, 0.4) is 0 Å². The molecular formula is C15H24F3N3O2. The maximum Gasteiger partial charge on any atom is 0.408 e. The van der Waals surface area contributed by atoms with Gasteiger partial charge in [0.1, 0.15) is 6.54 Å². The summed E-state index contributed by atoms with van der Waals surface area (Å²) in [7, 11) is 0. The number of carbonyl (C=O) groups excluding carboxylic acids is 1. The van der Waals surface area contributed by atoms with Crippen LogP contribution < -0.4 is 5.32 Å². The molecule has 1 heterocycles. The lowest BCUT2D eigenvalue weighted by Gasteiger charge is -2.25. The van der Waals surface area contributed by atoms with Crippen LogP contribution in [0.15, 0.2) is 0 Å². The third-order valence-corrected chi connectivity index (χ3v) is 4.13. The van der Waals surface area contributed by atoms with Gasteiger partial charge >= 0.3 is 6.18 Å². The van der Waals surface area contributed by atoms with E-state index in [4.69, 9.17) is 0 Å². The van der Waals surface area contributed by atoms with Gasteiger partial charge in [-0.25, -0.2) is 0 Å². The lowest BCUT2D eigenvalue weighted by Crippen LogP contribution is -2.42. The fraction of sp³-hybridized carbons (Fsp3) is 0.733. The molecule has 0 aliphatic rings. The molecule has 23 heavy (non-hydrogen) atoms. The van der Waals surface area contributed by atoms with Gasteiger partial charge in [0.25, 0.3) is 0 Å². The monoisotopic (exact) mass is 335 g/mol. The minimum atomic E-state index is -4.36. The molecule has 0 saturated heterocycles. The Morgan fingerprint density at radius 3 is 2.30 bits per heavy atom. The summed E-state index contributed by atoms with van der Waals surface area (Å²) in [6.07, 6.45) is -3.41. The Bertz CT molecular complexity index is 549. The summed E-state index contributed by atoms with van der Waals surface area (Å²) in [6.45, 7) is 5.69. The first kappa shape index (κ1) is 19.5. The molecule has 0 bridgehead atoms. The first-order valence-electron chi connectivity index (χ1n) is 7.60. The summed E-state index contributed by atoms with van der Waals surface area (Å²) in [5.74, 6) is -0.344. The molecule has 0 aromatic carbocycles. The van der Waals surface area contributed by atoms with Crippen molar-refractivity contribution in [2.45, 2.75) is 65.3 Å². The molecule has 1 amide bonds. The number of amides is 1. The number of aromatic nitrogens is 2. The van der Waals surface area contributed by atoms with E-state index >= 15 is 0 Å². The van der Waals surface area contributed by atoms with Crippen molar-refractivity contribution in [3.8, 4) is 0 Å². The number of aryl methyl sites for hydroxylation is 1. The zero-order valence-corrected chi connectivity index (χ0v) is 13.9. The van der Waals surface area contributed by atoms with E-state index in [2.05, 4.69) is 10.4 Å². The van der Waals surface area contributed by atoms with Gasteiger partial charge in [-0.05, 0) is 26.7 Å². The molecule has 2 N–H and O–H groups in total. The Kier molecular flexibility index (Phi) is 6.21. The molecule has 0 atom stereocenters. The molecule has 0 unspecified atom stereocenters. The second kappa shape index (κ2) is 7.33. The summed E-state index contributed by atoms with van der Waals surface area (Å²) in [5.41, 5.74) is 0.267. The van der Waals surface area contributed by atoms with Gasteiger partial charge in [-0.2, -0.15) is 18.3 Å². The van der Waals surface area contributed by atoms with Gasteiger partial charge in [-0.3, -0.25) is 9.48 Å². The zero-order chi connectivity index (χ0) is 17.8. The predicted molar refractivity (Wildman–Crippen MR) is 80.0 cm³/mol. The number of nitrogens with one attached hydrogen (secondary N) is 1. The van der Waals surface area contributed by atoms with Crippen molar-refractivity contribution < 1.29 is 23.1 Å². The number of carbonyl (C=O) groups is 1. The largest absolute Gasteiger partial charge is 0.408 e. The normalized spacial score (nSPS) is 12.5. The Morgan fingerprint density at radius 2 is 1.83 bits per heavy atom. The molecule has 1 aromatic heterocycles. The molecule has 0 spiro atoms. The minimum absolute atomic E-state index is 0.0565. The van der Waals surface area contributed by atoms with Gasteiger partial charge in [0.2, 0.25) is 5.91 Å². The van der Waals surface area contributed by atoms with Gasteiger partial charge in [0.15, 0.2) is 0 Å². The van der Waals surface area contributed by atoms with Crippen molar-refractivity contribution in [2.24, 2.45) is 0 Å².